The first kappa shape index (κ1) is 14.0. The molecule has 0 bridgehead atoms. The maximum atomic E-state index is 11.9. The Morgan fingerprint density at radius 1 is 1.47 bits per heavy atom. The first-order valence-corrected chi connectivity index (χ1v) is 6.62. The van der Waals surface area contributed by atoms with E-state index in [9.17, 15) is 19.5 Å². The van der Waals surface area contributed by atoms with Crippen LogP contribution in [0.15, 0.2) is 0 Å². The Kier molecular flexibility index (Phi) is 3.62. The molecule has 0 aromatic rings. The largest absolute Gasteiger partial charge is 0.393 e. The van der Waals surface area contributed by atoms with Gasteiger partial charge in [-0.15, -0.1) is 0 Å². The number of aliphatic hydroxyl groups is 1. The molecule has 0 spiro atoms. The van der Waals surface area contributed by atoms with Gasteiger partial charge in [-0.25, -0.2) is 0 Å². The molecular formula is C13H20N2O4. The molecular weight excluding hydrogens is 248 g/mol. The van der Waals surface area contributed by atoms with Gasteiger partial charge in [0.15, 0.2) is 0 Å². The van der Waals surface area contributed by atoms with Gasteiger partial charge in [-0.1, -0.05) is 13.8 Å². The SMILES string of the molecule is CC1(C)C(O)CC1CC(=O)NC1CCC(=O)NC1=O. The van der Waals surface area contributed by atoms with Gasteiger partial charge in [0, 0.05) is 12.8 Å². The molecule has 1 saturated heterocycles. The van der Waals surface area contributed by atoms with E-state index in [0.29, 0.717) is 19.3 Å². The van der Waals surface area contributed by atoms with Crippen LogP contribution in [-0.2, 0) is 14.4 Å². The molecule has 19 heavy (non-hydrogen) atoms. The number of hydrogen-bond donors (Lipinski definition) is 3. The van der Waals surface area contributed by atoms with Crippen molar-refractivity contribution < 1.29 is 19.5 Å². The van der Waals surface area contributed by atoms with E-state index >= 15 is 0 Å². The molecule has 3 atom stereocenters. The van der Waals surface area contributed by atoms with E-state index in [2.05, 4.69) is 10.6 Å². The van der Waals surface area contributed by atoms with Crippen LogP contribution in [0.5, 0.6) is 0 Å². The summed E-state index contributed by atoms with van der Waals surface area (Å²) >= 11 is 0. The molecule has 3 N–H and O–H groups in total. The summed E-state index contributed by atoms with van der Waals surface area (Å²) in [5.41, 5.74) is -0.248. The zero-order valence-electron chi connectivity index (χ0n) is 11.2. The summed E-state index contributed by atoms with van der Waals surface area (Å²) in [4.78, 5) is 34.4. The topological polar surface area (TPSA) is 95.5 Å². The van der Waals surface area contributed by atoms with Crippen LogP contribution in [0.2, 0.25) is 0 Å². The van der Waals surface area contributed by atoms with Gasteiger partial charge >= 0.3 is 0 Å². The van der Waals surface area contributed by atoms with Crippen LogP contribution in [0.4, 0.5) is 0 Å². The second-order valence-electron chi connectivity index (χ2n) is 6.05. The number of piperidine rings is 1. The Bertz CT molecular complexity index is 419. The van der Waals surface area contributed by atoms with Crippen LogP contribution in [-0.4, -0.2) is 35.0 Å². The van der Waals surface area contributed by atoms with Crippen molar-refractivity contribution in [1.82, 2.24) is 10.6 Å². The molecule has 6 heteroatoms. The van der Waals surface area contributed by atoms with Crippen LogP contribution in [0.3, 0.4) is 0 Å². The predicted molar refractivity (Wildman–Crippen MR) is 66.8 cm³/mol. The van der Waals surface area contributed by atoms with Gasteiger partial charge in [0.25, 0.3) is 0 Å². The lowest BCUT2D eigenvalue weighted by Gasteiger charge is -2.49. The number of nitrogens with one attached hydrogen (secondary N) is 2. The van der Waals surface area contributed by atoms with Crippen LogP contribution >= 0.6 is 0 Å². The monoisotopic (exact) mass is 268 g/mol. The zero-order chi connectivity index (χ0) is 14.2. The highest BCUT2D eigenvalue weighted by molar-refractivity contribution is 6.01. The molecule has 1 saturated carbocycles. The number of carbonyl (C=O) groups is 3. The number of amides is 3. The fourth-order valence-electron chi connectivity index (χ4n) is 2.64. The van der Waals surface area contributed by atoms with Crippen LogP contribution in [0.1, 0.15) is 39.5 Å². The average molecular weight is 268 g/mol. The highest BCUT2D eigenvalue weighted by Gasteiger charge is 2.47. The van der Waals surface area contributed by atoms with Gasteiger partial charge < -0.3 is 10.4 Å². The molecule has 1 heterocycles. The number of imide groups is 1. The second kappa shape index (κ2) is 4.92. The maximum absolute atomic E-state index is 11.9. The molecule has 0 aromatic carbocycles. The smallest absolute Gasteiger partial charge is 0.249 e. The van der Waals surface area contributed by atoms with Gasteiger partial charge in [-0.05, 0) is 24.2 Å². The molecule has 2 fully saturated rings. The van der Waals surface area contributed by atoms with E-state index in [0.717, 1.165) is 0 Å². The fraction of sp³-hybridized carbons (Fsp3) is 0.769. The Balaban J connectivity index is 1.82. The third-order valence-electron chi connectivity index (χ3n) is 4.43. The molecule has 0 aromatic heterocycles. The maximum Gasteiger partial charge on any atom is 0.249 e. The molecule has 2 aliphatic rings. The minimum absolute atomic E-state index is 0.135. The molecule has 6 nitrogen and oxygen atoms in total. The number of aliphatic hydroxyl groups excluding tert-OH is 1. The first-order valence-electron chi connectivity index (χ1n) is 6.62. The van der Waals surface area contributed by atoms with Crippen LogP contribution in [0, 0.1) is 11.3 Å². The molecule has 3 unspecified atom stereocenters. The van der Waals surface area contributed by atoms with Gasteiger partial charge in [0.1, 0.15) is 6.04 Å². The van der Waals surface area contributed by atoms with E-state index < -0.39 is 11.9 Å². The van der Waals surface area contributed by atoms with E-state index in [1.807, 2.05) is 13.8 Å². The molecule has 3 amide bonds. The van der Waals surface area contributed by atoms with E-state index in [-0.39, 0.29) is 35.7 Å². The summed E-state index contributed by atoms with van der Waals surface area (Å²) in [7, 11) is 0. The van der Waals surface area contributed by atoms with Crippen molar-refractivity contribution in [2.24, 2.45) is 11.3 Å². The Morgan fingerprint density at radius 3 is 2.68 bits per heavy atom. The Morgan fingerprint density at radius 2 is 2.16 bits per heavy atom. The summed E-state index contributed by atoms with van der Waals surface area (Å²) in [5.74, 6) is -0.786. The van der Waals surface area contributed by atoms with Crippen LogP contribution < -0.4 is 10.6 Å². The Labute approximate surface area is 111 Å². The van der Waals surface area contributed by atoms with Gasteiger partial charge in [0.2, 0.25) is 17.7 Å². The van der Waals surface area contributed by atoms with E-state index in [4.69, 9.17) is 0 Å². The third kappa shape index (κ3) is 2.78. The minimum atomic E-state index is -0.613. The summed E-state index contributed by atoms with van der Waals surface area (Å²) in [6, 6.07) is -0.613. The number of hydrogen-bond acceptors (Lipinski definition) is 4. The zero-order valence-corrected chi connectivity index (χ0v) is 11.2. The summed E-state index contributed by atoms with van der Waals surface area (Å²) in [5, 5.41) is 14.5. The Hall–Kier alpha value is -1.43. The van der Waals surface area contributed by atoms with Gasteiger partial charge in [-0.2, -0.15) is 0 Å². The lowest BCUT2D eigenvalue weighted by atomic mass is 9.59. The molecule has 2 rings (SSSR count). The van der Waals surface area contributed by atoms with Crippen molar-refractivity contribution in [3.63, 3.8) is 0 Å². The predicted octanol–water partition coefficient (Wildman–Crippen LogP) is -0.295. The van der Waals surface area contributed by atoms with Gasteiger partial charge in [-0.3, -0.25) is 19.7 Å². The summed E-state index contributed by atoms with van der Waals surface area (Å²) < 4.78 is 0. The second-order valence-corrected chi connectivity index (χ2v) is 6.05. The fourth-order valence-corrected chi connectivity index (χ4v) is 2.64. The first-order chi connectivity index (χ1) is 8.80. The normalized spacial score (nSPS) is 33.3. The lowest BCUT2D eigenvalue weighted by Crippen LogP contribution is -2.54. The van der Waals surface area contributed by atoms with Crippen molar-refractivity contribution in [2.75, 3.05) is 0 Å². The third-order valence-corrected chi connectivity index (χ3v) is 4.43. The molecule has 0 radical (unpaired) electrons. The van der Waals surface area contributed by atoms with Crippen molar-refractivity contribution in [3.05, 3.63) is 0 Å². The van der Waals surface area contributed by atoms with Crippen molar-refractivity contribution in [3.8, 4) is 0 Å². The summed E-state index contributed by atoms with van der Waals surface area (Å²) in [6.07, 6.45) is 1.18. The van der Waals surface area contributed by atoms with Crippen molar-refractivity contribution >= 4 is 17.7 Å². The molecule has 1 aliphatic heterocycles. The van der Waals surface area contributed by atoms with Crippen LogP contribution in [0.25, 0.3) is 0 Å². The van der Waals surface area contributed by atoms with E-state index in [1.165, 1.54) is 0 Å². The average Bonchev–Trinajstić information content (AvgIpc) is 2.32. The number of carbonyl (C=O) groups excluding carboxylic acids is 3. The van der Waals surface area contributed by atoms with Gasteiger partial charge in [0.05, 0.1) is 6.10 Å². The quantitative estimate of drug-likeness (QED) is 0.613. The van der Waals surface area contributed by atoms with Crippen molar-refractivity contribution in [1.29, 1.82) is 0 Å². The minimum Gasteiger partial charge on any atom is -0.393 e. The van der Waals surface area contributed by atoms with Crippen molar-refractivity contribution in [2.45, 2.75) is 51.7 Å². The van der Waals surface area contributed by atoms with E-state index in [1.54, 1.807) is 0 Å². The molecule has 106 valence electrons. The number of rotatable bonds is 3. The standard InChI is InChI=1S/C13H20N2O4/c1-13(2)7(5-9(13)16)6-11(18)14-8-3-4-10(17)15-12(8)19/h7-9,16H,3-6H2,1-2H3,(H,14,18)(H,15,17,19). The summed E-state index contributed by atoms with van der Waals surface area (Å²) in [6.45, 7) is 3.87. The molecule has 1 aliphatic carbocycles. The lowest BCUT2D eigenvalue weighted by molar-refractivity contribution is -0.141. The highest BCUT2D eigenvalue weighted by atomic mass is 16.3. The highest BCUT2D eigenvalue weighted by Crippen LogP contribution is 2.47.